The molecule has 260 valence electrons. The van der Waals surface area contributed by atoms with Gasteiger partial charge in [-0.1, -0.05) is 133 Å². The Morgan fingerprint density at radius 1 is 0.304 bits per heavy atom. The molecule has 3 heterocycles. The zero-order valence-electron chi connectivity index (χ0n) is 29.9. The van der Waals surface area contributed by atoms with Crippen LogP contribution in [0, 0.1) is 0 Å². The highest BCUT2D eigenvalue weighted by Gasteiger charge is 2.19. The van der Waals surface area contributed by atoms with Crippen LogP contribution in [0.4, 0.5) is 0 Å². The maximum absolute atomic E-state index is 6.47. The quantitative estimate of drug-likeness (QED) is 0.170. The fourth-order valence-electron chi connectivity index (χ4n) is 8.40. The zero-order valence-corrected chi connectivity index (χ0v) is 29.9. The molecular formula is C51H29N3O2. The maximum atomic E-state index is 6.47. The van der Waals surface area contributed by atoms with E-state index in [9.17, 15) is 0 Å². The van der Waals surface area contributed by atoms with Crippen molar-refractivity contribution in [2.45, 2.75) is 0 Å². The monoisotopic (exact) mass is 715 g/mol. The number of aromatic nitrogens is 3. The molecular weight excluding hydrogens is 687 g/mol. The Balaban J connectivity index is 1.02. The van der Waals surface area contributed by atoms with E-state index in [0.717, 1.165) is 87.9 Å². The Labute approximate surface area is 320 Å². The van der Waals surface area contributed by atoms with Gasteiger partial charge >= 0.3 is 0 Å². The summed E-state index contributed by atoms with van der Waals surface area (Å²) in [6.45, 7) is 0. The number of nitrogens with zero attached hydrogens (tertiary/aromatic N) is 3. The molecule has 0 aliphatic rings. The van der Waals surface area contributed by atoms with Crippen molar-refractivity contribution in [3.8, 4) is 45.3 Å². The number of fused-ring (bicyclic) bond motifs is 10. The fourth-order valence-corrected chi connectivity index (χ4v) is 8.40. The van der Waals surface area contributed by atoms with E-state index in [4.69, 9.17) is 23.8 Å². The van der Waals surface area contributed by atoms with Crippen molar-refractivity contribution in [1.29, 1.82) is 0 Å². The summed E-state index contributed by atoms with van der Waals surface area (Å²) in [7, 11) is 0. The SMILES string of the molecule is c1ccc2c(c1)ccc1cc(-c3nc(-c4ccc5cc(-c6cccc7oc8ccccc8c67)ccc5c4)nc(-c4cccc5c4oc4ccccc45)n3)ccc12. The lowest BCUT2D eigenvalue weighted by Gasteiger charge is -2.11. The van der Waals surface area contributed by atoms with Gasteiger partial charge in [0.05, 0.1) is 5.56 Å². The molecule has 12 aromatic rings. The van der Waals surface area contributed by atoms with Crippen LogP contribution >= 0.6 is 0 Å². The second kappa shape index (κ2) is 11.9. The van der Waals surface area contributed by atoms with Gasteiger partial charge in [0.2, 0.25) is 0 Å². The van der Waals surface area contributed by atoms with E-state index in [-0.39, 0.29) is 0 Å². The van der Waals surface area contributed by atoms with Crippen molar-refractivity contribution in [3.63, 3.8) is 0 Å². The lowest BCUT2D eigenvalue weighted by atomic mass is 9.96. The molecule has 0 N–H and O–H groups in total. The van der Waals surface area contributed by atoms with Gasteiger partial charge in [-0.3, -0.25) is 0 Å². The third-order valence-electron chi connectivity index (χ3n) is 11.1. The maximum Gasteiger partial charge on any atom is 0.167 e. The van der Waals surface area contributed by atoms with Crippen LogP contribution in [0.2, 0.25) is 0 Å². The average Bonchev–Trinajstić information content (AvgIpc) is 3.84. The highest BCUT2D eigenvalue weighted by atomic mass is 16.3. The van der Waals surface area contributed by atoms with Gasteiger partial charge in [0.25, 0.3) is 0 Å². The van der Waals surface area contributed by atoms with Gasteiger partial charge in [0.1, 0.15) is 22.3 Å². The number of hydrogen-bond acceptors (Lipinski definition) is 5. The Bertz CT molecular complexity index is 3560. The van der Waals surface area contributed by atoms with Crippen LogP contribution < -0.4 is 0 Å². The smallest absolute Gasteiger partial charge is 0.167 e. The molecule has 0 fully saturated rings. The second-order valence-electron chi connectivity index (χ2n) is 14.4. The van der Waals surface area contributed by atoms with E-state index in [0.29, 0.717) is 17.5 Å². The second-order valence-corrected chi connectivity index (χ2v) is 14.4. The molecule has 0 aliphatic heterocycles. The normalized spacial score (nSPS) is 11.9. The molecule has 0 saturated carbocycles. The molecule has 0 unspecified atom stereocenters. The molecule has 56 heavy (non-hydrogen) atoms. The predicted molar refractivity (Wildman–Crippen MR) is 229 cm³/mol. The van der Waals surface area contributed by atoms with Crippen molar-refractivity contribution in [2.75, 3.05) is 0 Å². The van der Waals surface area contributed by atoms with Crippen LogP contribution in [0.25, 0.3) is 121 Å². The van der Waals surface area contributed by atoms with Crippen molar-refractivity contribution in [3.05, 3.63) is 176 Å². The first-order valence-corrected chi connectivity index (χ1v) is 18.8. The highest BCUT2D eigenvalue weighted by Crippen LogP contribution is 2.39. The van der Waals surface area contributed by atoms with Gasteiger partial charge in [-0.25, -0.2) is 15.0 Å². The average molecular weight is 716 g/mol. The van der Waals surface area contributed by atoms with Gasteiger partial charge < -0.3 is 8.83 Å². The number of benzene rings is 9. The summed E-state index contributed by atoms with van der Waals surface area (Å²) in [6.07, 6.45) is 0. The molecule has 5 heteroatoms. The lowest BCUT2D eigenvalue weighted by Crippen LogP contribution is -2.00. The third-order valence-corrected chi connectivity index (χ3v) is 11.1. The molecule has 0 atom stereocenters. The number of hydrogen-bond donors (Lipinski definition) is 0. The summed E-state index contributed by atoms with van der Waals surface area (Å²) in [5, 5.41) is 11.3. The minimum absolute atomic E-state index is 0.559. The van der Waals surface area contributed by atoms with E-state index in [1.165, 1.54) is 16.2 Å². The summed E-state index contributed by atoms with van der Waals surface area (Å²) in [5.41, 5.74) is 8.29. The van der Waals surface area contributed by atoms with E-state index in [2.05, 4.69) is 127 Å². The number of para-hydroxylation sites is 3. The Morgan fingerprint density at radius 2 is 0.839 bits per heavy atom. The molecule has 5 nitrogen and oxygen atoms in total. The molecule has 0 bridgehead atoms. The molecule has 9 aromatic carbocycles. The molecule has 0 spiro atoms. The topological polar surface area (TPSA) is 65.0 Å². The van der Waals surface area contributed by atoms with E-state index < -0.39 is 0 Å². The first-order chi connectivity index (χ1) is 27.7. The molecule has 0 saturated heterocycles. The van der Waals surface area contributed by atoms with Crippen LogP contribution in [0.5, 0.6) is 0 Å². The molecule has 0 aliphatic carbocycles. The molecule has 0 radical (unpaired) electrons. The minimum atomic E-state index is 0.559. The van der Waals surface area contributed by atoms with Crippen LogP contribution in [-0.2, 0) is 0 Å². The van der Waals surface area contributed by atoms with Crippen LogP contribution in [0.15, 0.2) is 185 Å². The van der Waals surface area contributed by atoms with Gasteiger partial charge in [-0.05, 0) is 85.9 Å². The Morgan fingerprint density at radius 3 is 1.68 bits per heavy atom. The summed E-state index contributed by atoms with van der Waals surface area (Å²) in [5.74, 6) is 1.76. The highest BCUT2D eigenvalue weighted by molar-refractivity contribution is 6.13. The van der Waals surface area contributed by atoms with E-state index in [1.54, 1.807) is 0 Å². The first-order valence-electron chi connectivity index (χ1n) is 18.8. The van der Waals surface area contributed by atoms with Crippen molar-refractivity contribution in [2.24, 2.45) is 0 Å². The van der Waals surface area contributed by atoms with Crippen LogP contribution in [0.3, 0.4) is 0 Å². The minimum Gasteiger partial charge on any atom is -0.456 e. The lowest BCUT2D eigenvalue weighted by molar-refractivity contribution is 0.669. The summed E-state index contributed by atoms with van der Waals surface area (Å²) in [4.78, 5) is 15.5. The van der Waals surface area contributed by atoms with Crippen molar-refractivity contribution < 1.29 is 8.83 Å². The summed E-state index contributed by atoms with van der Waals surface area (Å²) >= 11 is 0. The zero-order chi connectivity index (χ0) is 36.7. The van der Waals surface area contributed by atoms with Crippen molar-refractivity contribution >= 4 is 76.2 Å². The Kier molecular flexibility index (Phi) is 6.56. The fraction of sp³-hybridized carbons (Fsp3) is 0. The van der Waals surface area contributed by atoms with Gasteiger partial charge in [0, 0.05) is 32.7 Å². The largest absolute Gasteiger partial charge is 0.456 e. The summed E-state index contributed by atoms with van der Waals surface area (Å²) in [6, 6.07) is 61.2. The summed E-state index contributed by atoms with van der Waals surface area (Å²) < 4.78 is 12.7. The van der Waals surface area contributed by atoms with Gasteiger partial charge in [-0.15, -0.1) is 0 Å². The molecule has 3 aromatic heterocycles. The van der Waals surface area contributed by atoms with Gasteiger partial charge in [-0.2, -0.15) is 0 Å². The van der Waals surface area contributed by atoms with Crippen molar-refractivity contribution in [1.82, 2.24) is 15.0 Å². The molecule has 0 amide bonds. The van der Waals surface area contributed by atoms with Gasteiger partial charge in [0.15, 0.2) is 17.5 Å². The Hall–Kier alpha value is -7.63. The van der Waals surface area contributed by atoms with E-state index in [1.807, 2.05) is 48.5 Å². The number of furan rings is 2. The predicted octanol–water partition coefficient (Wildman–Crippen LogP) is 13.8. The van der Waals surface area contributed by atoms with Crippen LogP contribution in [0.1, 0.15) is 0 Å². The van der Waals surface area contributed by atoms with E-state index >= 15 is 0 Å². The number of rotatable bonds is 4. The third kappa shape index (κ3) is 4.78. The molecule has 12 rings (SSSR count). The standard InChI is InChI=1S/C51H29N3O2/c1-2-10-37-30(9-1)19-22-33-29-36(25-26-38(33)37)50-52-49(53-51(54-50)43-15-7-14-41-40-11-3-5-16-44(40)56-48(41)43)35-24-21-31-27-34(23-20-32(31)28-35)39-13-8-18-46-47(39)42-12-4-6-17-45(42)55-46/h1-29H. The van der Waals surface area contributed by atoms with Crippen LogP contribution in [-0.4, -0.2) is 15.0 Å². The first kappa shape index (κ1) is 30.8.